The molecule has 0 atom stereocenters. The third-order valence-corrected chi connectivity index (χ3v) is 5.21. The van der Waals surface area contributed by atoms with Gasteiger partial charge in [-0.15, -0.1) is 23.1 Å². The molecule has 0 aliphatic rings. The zero-order valence-electron chi connectivity index (χ0n) is 7.37. The number of nitrogens with zero attached hydrogens (tertiary/aromatic N) is 1. The summed E-state index contributed by atoms with van der Waals surface area (Å²) in [4.78, 5) is 0. The summed E-state index contributed by atoms with van der Waals surface area (Å²) in [6.45, 7) is 0. The largest absolute Gasteiger partial charge is 0.192 e. The number of hydrogen-bond donors (Lipinski definition) is 0. The number of rotatable bonds is 1. The van der Waals surface area contributed by atoms with Crippen LogP contribution in [0, 0.1) is 11.3 Å². The van der Waals surface area contributed by atoms with Crippen molar-refractivity contribution in [3.8, 4) is 6.07 Å². The van der Waals surface area contributed by atoms with Crippen LogP contribution in [0.3, 0.4) is 0 Å². The molecular formula is C10H6BrNS2. The molecule has 2 aromatic rings. The van der Waals surface area contributed by atoms with E-state index in [1.165, 1.54) is 0 Å². The molecule has 0 aliphatic heterocycles. The summed E-state index contributed by atoms with van der Waals surface area (Å²) in [5.41, 5.74) is 0.804. The molecule has 1 heterocycles. The first-order valence-electron chi connectivity index (χ1n) is 3.93. The predicted octanol–water partition coefficient (Wildman–Crippen LogP) is 4.26. The Labute approximate surface area is 98.9 Å². The molecular weight excluding hydrogens is 278 g/mol. The van der Waals surface area contributed by atoms with Crippen molar-refractivity contribution in [2.75, 3.05) is 6.26 Å². The smallest absolute Gasteiger partial charge is 0.102 e. The first-order chi connectivity index (χ1) is 6.77. The molecule has 0 radical (unpaired) electrons. The van der Waals surface area contributed by atoms with Crippen molar-refractivity contribution in [3.63, 3.8) is 0 Å². The van der Waals surface area contributed by atoms with Gasteiger partial charge in [0.05, 0.1) is 14.5 Å². The Balaban J connectivity index is 2.88. The first-order valence-corrected chi connectivity index (χ1v) is 6.76. The van der Waals surface area contributed by atoms with E-state index in [9.17, 15) is 0 Å². The van der Waals surface area contributed by atoms with Gasteiger partial charge in [-0.25, -0.2) is 0 Å². The fourth-order valence-corrected chi connectivity index (χ4v) is 3.75. The second-order valence-electron chi connectivity index (χ2n) is 2.70. The average molecular weight is 284 g/mol. The van der Waals surface area contributed by atoms with E-state index in [2.05, 4.69) is 22.0 Å². The van der Waals surface area contributed by atoms with E-state index in [4.69, 9.17) is 5.26 Å². The van der Waals surface area contributed by atoms with E-state index in [0.717, 1.165) is 24.3 Å². The predicted molar refractivity (Wildman–Crippen MR) is 66.0 cm³/mol. The number of fused-ring (bicyclic) bond motifs is 1. The minimum absolute atomic E-state index is 0.804. The molecule has 2 rings (SSSR count). The molecule has 0 aliphatic carbocycles. The maximum atomic E-state index is 9.06. The molecule has 0 saturated carbocycles. The van der Waals surface area contributed by atoms with Gasteiger partial charge < -0.3 is 0 Å². The molecule has 70 valence electrons. The number of thiophene rings is 1. The summed E-state index contributed by atoms with van der Waals surface area (Å²) >= 11 is 6.79. The molecule has 0 saturated heterocycles. The highest BCUT2D eigenvalue weighted by molar-refractivity contribution is 9.10. The van der Waals surface area contributed by atoms with Gasteiger partial charge in [-0.05, 0) is 28.3 Å². The van der Waals surface area contributed by atoms with Crippen LogP contribution >= 0.6 is 39.0 Å². The highest BCUT2D eigenvalue weighted by atomic mass is 79.9. The van der Waals surface area contributed by atoms with Crippen LogP contribution in [0.2, 0.25) is 0 Å². The maximum absolute atomic E-state index is 9.06. The minimum Gasteiger partial charge on any atom is -0.192 e. The Morgan fingerprint density at radius 3 is 2.93 bits per heavy atom. The van der Waals surface area contributed by atoms with Crippen molar-refractivity contribution in [3.05, 3.63) is 28.2 Å². The van der Waals surface area contributed by atoms with Crippen LogP contribution < -0.4 is 0 Å². The third-order valence-electron chi connectivity index (χ3n) is 1.93. The minimum atomic E-state index is 0.804. The van der Waals surface area contributed by atoms with Gasteiger partial charge in [0.15, 0.2) is 0 Å². The Kier molecular flexibility index (Phi) is 2.82. The molecule has 0 fully saturated rings. The monoisotopic (exact) mass is 283 g/mol. The Morgan fingerprint density at radius 1 is 1.50 bits per heavy atom. The van der Waals surface area contributed by atoms with Crippen LogP contribution in [0.25, 0.3) is 10.1 Å². The van der Waals surface area contributed by atoms with Gasteiger partial charge in [0, 0.05) is 9.86 Å². The average Bonchev–Trinajstić information content (AvgIpc) is 2.57. The Hall–Kier alpha value is -0.500. The lowest BCUT2D eigenvalue weighted by Gasteiger charge is -1.91. The Bertz CT molecular complexity index is 525. The molecule has 0 spiro atoms. The number of nitriles is 1. The van der Waals surface area contributed by atoms with Crippen LogP contribution in [0.4, 0.5) is 0 Å². The lowest BCUT2D eigenvalue weighted by molar-refractivity contribution is 1.48. The maximum Gasteiger partial charge on any atom is 0.102 e. The van der Waals surface area contributed by atoms with Crippen LogP contribution in [-0.4, -0.2) is 6.26 Å². The van der Waals surface area contributed by atoms with Gasteiger partial charge in [0.25, 0.3) is 0 Å². The summed E-state index contributed by atoms with van der Waals surface area (Å²) in [5.74, 6) is 0. The van der Waals surface area contributed by atoms with Crippen LogP contribution in [0.1, 0.15) is 5.56 Å². The van der Waals surface area contributed by atoms with Crippen LogP contribution in [0.5, 0.6) is 0 Å². The summed E-state index contributed by atoms with van der Waals surface area (Å²) in [5, 5.41) is 10.1. The lowest BCUT2D eigenvalue weighted by Crippen LogP contribution is -1.72. The molecule has 1 aromatic carbocycles. The van der Waals surface area contributed by atoms with E-state index in [0.29, 0.717) is 0 Å². The molecule has 0 N–H and O–H groups in total. The van der Waals surface area contributed by atoms with Gasteiger partial charge in [0.2, 0.25) is 0 Å². The summed E-state index contributed by atoms with van der Waals surface area (Å²) in [6.07, 6.45) is 2.00. The normalized spacial score (nSPS) is 10.4. The fourth-order valence-electron chi connectivity index (χ4n) is 1.31. The van der Waals surface area contributed by atoms with Crippen molar-refractivity contribution in [1.82, 2.24) is 0 Å². The summed E-state index contributed by atoms with van der Waals surface area (Å²) in [7, 11) is 0. The molecule has 0 bridgehead atoms. The van der Waals surface area contributed by atoms with Crippen molar-refractivity contribution >= 4 is 49.1 Å². The van der Waals surface area contributed by atoms with Gasteiger partial charge in [-0.3, -0.25) is 0 Å². The van der Waals surface area contributed by atoms with E-state index in [1.807, 2.05) is 24.5 Å². The van der Waals surface area contributed by atoms with Gasteiger partial charge in [-0.1, -0.05) is 12.1 Å². The number of thioether (sulfide) groups is 1. The van der Waals surface area contributed by atoms with Crippen LogP contribution in [0.15, 0.2) is 26.9 Å². The molecule has 4 heteroatoms. The quantitative estimate of drug-likeness (QED) is 0.731. The zero-order chi connectivity index (χ0) is 10.1. The van der Waals surface area contributed by atoms with E-state index >= 15 is 0 Å². The van der Waals surface area contributed by atoms with Crippen molar-refractivity contribution in [2.45, 2.75) is 4.21 Å². The molecule has 0 unspecified atom stereocenters. The molecule has 0 amide bonds. The Morgan fingerprint density at radius 2 is 2.29 bits per heavy atom. The van der Waals surface area contributed by atoms with Crippen molar-refractivity contribution < 1.29 is 0 Å². The highest BCUT2D eigenvalue weighted by Crippen LogP contribution is 2.39. The molecule has 1 aromatic heterocycles. The first kappa shape index (κ1) is 10.0. The van der Waals surface area contributed by atoms with Crippen molar-refractivity contribution in [1.29, 1.82) is 5.26 Å². The second kappa shape index (κ2) is 3.93. The number of halogens is 1. The van der Waals surface area contributed by atoms with Crippen LogP contribution in [-0.2, 0) is 0 Å². The number of hydrogen-bond acceptors (Lipinski definition) is 3. The van der Waals surface area contributed by atoms with Gasteiger partial charge in [0.1, 0.15) is 6.07 Å². The highest BCUT2D eigenvalue weighted by Gasteiger charge is 2.12. The molecule has 1 nitrogen and oxygen atoms in total. The van der Waals surface area contributed by atoms with Crippen molar-refractivity contribution in [2.24, 2.45) is 0 Å². The lowest BCUT2D eigenvalue weighted by atomic mass is 10.2. The topological polar surface area (TPSA) is 23.8 Å². The fraction of sp³-hybridized carbons (Fsp3) is 0.100. The summed E-state index contributed by atoms with van der Waals surface area (Å²) in [6, 6.07) is 8.23. The molecule has 14 heavy (non-hydrogen) atoms. The summed E-state index contributed by atoms with van der Waals surface area (Å²) < 4.78 is 3.32. The van der Waals surface area contributed by atoms with E-state index < -0.39 is 0 Å². The second-order valence-corrected chi connectivity index (χ2v) is 5.65. The van der Waals surface area contributed by atoms with E-state index in [1.54, 1.807) is 23.1 Å². The van der Waals surface area contributed by atoms with Gasteiger partial charge >= 0.3 is 0 Å². The third kappa shape index (κ3) is 1.46. The number of benzene rings is 1. The standard InChI is InChI=1S/C10H6BrNS2/c1-13-10-7(5-12)6-3-2-4-8(11)9(6)14-10/h2-4H,1H3. The zero-order valence-corrected chi connectivity index (χ0v) is 10.6. The van der Waals surface area contributed by atoms with Gasteiger partial charge in [-0.2, -0.15) is 5.26 Å². The SMILES string of the molecule is CSc1sc2c(Br)cccc2c1C#N. The van der Waals surface area contributed by atoms with E-state index in [-0.39, 0.29) is 0 Å².